The maximum absolute atomic E-state index is 12.0. The molecule has 114 valence electrons. The Morgan fingerprint density at radius 1 is 1.48 bits per heavy atom. The highest BCUT2D eigenvalue weighted by molar-refractivity contribution is 6.42. The van der Waals surface area contributed by atoms with Gasteiger partial charge < -0.3 is 9.64 Å². The largest absolute Gasteiger partial charge is 0.464 e. The number of anilines is 1. The van der Waals surface area contributed by atoms with Gasteiger partial charge in [0.25, 0.3) is 5.69 Å². The molecule has 1 aromatic rings. The highest BCUT2D eigenvalue weighted by atomic mass is 35.5. The highest BCUT2D eigenvalue weighted by Gasteiger charge is 2.35. The van der Waals surface area contributed by atoms with Crippen LogP contribution in [-0.4, -0.2) is 30.1 Å². The maximum Gasteiger partial charge on any atom is 0.328 e. The Bertz CT molecular complexity index is 580. The van der Waals surface area contributed by atoms with Gasteiger partial charge in [-0.3, -0.25) is 10.1 Å². The van der Waals surface area contributed by atoms with Crippen molar-refractivity contribution in [1.82, 2.24) is 0 Å². The average molecular weight is 333 g/mol. The topological polar surface area (TPSA) is 72.7 Å². The number of hydrogen-bond donors (Lipinski definition) is 0. The number of carbonyl (C=O) groups is 1. The van der Waals surface area contributed by atoms with Gasteiger partial charge in [0.05, 0.1) is 21.6 Å². The summed E-state index contributed by atoms with van der Waals surface area (Å²) < 4.78 is 5.02. The molecular weight excluding hydrogens is 319 g/mol. The van der Waals surface area contributed by atoms with Gasteiger partial charge in [-0.2, -0.15) is 0 Å². The van der Waals surface area contributed by atoms with Gasteiger partial charge in [-0.1, -0.05) is 23.2 Å². The van der Waals surface area contributed by atoms with Crippen LogP contribution in [0.2, 0.25) is 10.0 Å². The average Bonchev–Trinajstić information content (AvgIpc) is 2.90. The lowest BCUT2D eigenvalue weighted by Gasteiger charge is -2.25. The molecule has 1 aliphatic heterocycles. The van der Waals surface area contributed by atoms with Crippen LogP contribution in [0.4, 0.5) is 11.4 Å². The van der Waals surface area contributed by atoms with Gasteiger partial charge in [0.1, 0.15) is 11.7 Å². The van der Waals surface area contributed by atoms with E-state index < -0.39 is 11.0 Å². The summed E-state index contributed by atoms with van der Waals surface area (Å²) in [5.41, 5.74) is 0.130. The monoisotopic (exact) mass is 332 g/mol. The summed E-state index contributed by atoms with van der Waals surface area (Å²) in [5, 5.41) is 11.5. The summed E-state index contributed by atoms with van der Waals surface area (Å²) in [6.07, 6.45) is 1.34. The molecule has 0 bridgehead atoms. The summed E-state index contributed by atoms with van der Waals surface area (Å²) in [7, 11) is 0. The minimum Gasteiger partial charge on any atom is -0.464 e. The van der Waals surface area contributed by atoms with E-state index in [4.69, 9.17) is 27.9 Å². The zero-order valence-corrected chi connectivity index (χ0v) is 12.9. The molecule has 0 radical (unpaired) electrons. The minimum absolute atomic E-state index is 0.110. The molecule has 1 aromatic carbocycles. The Balaban J connectivity index is 2.42. The van der Waals surface area contributed by atoms with Crippen molar-refractivity contribution in [2.75, 3.05) is 18.1 Å². The second kappa shape index (κ2) is 6.49. The number of nitro groups is 1. The Labute approximate surface area is 131 Å². The molecule has 0 saturated carbocycles. The van der Waals surface area contributed by atoms with Crippen molar-refractivity contribution in [3.8, 4) is 0 Å². The van der Waals surface area contributed by atoms with E-state index in [1.165, 1.54) is 12.1 Å². The molecule has 1 atom stereocenters. The van der Waals surface area contributed by atoms with Crippen LogP contribution in [0.1, 0.15) is 19.8 Å². The molecule has 1 saturated heterocycles. The Kier molecular flexibility index (Phi) is 4.90. The standard InChI is InChI=1S/C13H14Cl2N2O4/c1-2-21-13(18)10-4-3-5-16(10)11-6-8(14)9(15)7-12(11)17(19)20/h6-7,10H,2-5H2,1H3. The van der Waals surface area contributed by atoms with Gasteiger partial charge in [0, 0.05) is 12.6 Å². The number of nitrogens with zero attached hydrogens (tertiary/aromatic N) is 2. The van der Waals surface area contributed by atoms with Crippen molar-refractivity contribution < 1.29 is 14.5 Å². The van der Waals surface area contributed by atoms with E-state index in [1.54, 1.807) is 11.8 Å². The summed E-state index contributed by atoms with van der Waals surface area (Å²) in [4.78, 5) is 24.3. The second-order valence-corrected chi connectivity index (χ2v) is 5.43. The van der Waals surface area contributed by atoms with Crippen LogP contribution in [0.25, 0.3) is 0 Å². The first-order valence-electron chi connectivity index (χ1n) is 6.52. The predicted molar refractivity (Wildman–Crippen MR) is 80.1 cm³/mol. The number of nitro benzene ring substituents is 1. The van der Waals surface area contributed by atoms with Gasteiger partial charge in [-0.15, -0.1) is 0 Å². The summed E-state index contributed by atoms with van der Waals surface area (Å²) in [5.74, 6) is -0.379. The SMILES string of the molecule is CCOC(=O)C1CCCN1c1cc(Cl)c(Cl)cc1[N+](=O)[O-]. The Hall–Kier alpha value is -1.53. The van der Waals surface area contributed by atoms with Crippen LogP contribution in [0.3, 0.4) is 0 Å². The van der Waals surface area contributed by atoms with Crippen molar-refractivity contribution in [2.45, 2.75) is 25.8 Å². The van der Waals surface area contributed by atoms with Crippen LogP contribution < -0.4 is 4.90 Å². The molecule has 1 heterocycles. The molecule has 1 aliphatic rings. The second-order valence-electron chi connectivity index (χ2n) is 4.62. The molecule has 6 nitrogen and oxygen atoms in total. The number of hydrogen-bond acceptors (Lipinski definition) is 5. The maximum atomic E-state index is 12.0. The summed E-state index contributed by atoms with van der Waals surface area (Å²) in [6.45, 7) is 2.52. The van der Waals surface area contributed by atoms with Crippen molar-refractivity contribution in [3.05, 3.63) is 32.3 Å². The van der Waals surface area contributed by atoms with Crippen molar-refractivity contribution in [3.63, 3.8) is 0 Å². The lowest BCUT2D eigenvalue weighted by molar-refractivity contribution is -0.384. The molecule has 0 amide bonds. The quantitative estimate of drug-likeness (QED) is 0.479. The number of benzene rings is 1. The number of ether oxygens (including phenoxy) is 1. The third-order valence-electron chi connectivity index (χ3n) is 3.34. The zero-order chi connectivity index (χ0) is 15.6. The first kappa shape index (κ1) is 15.9. The molecule has 1 fully saturated rings. The van der Waals surface area contributed by atoms with Gasteiger partial charge in [0.15, 0.2) is 0 Å². The fourth-order valence-corrected chi connectivity index (χ4v) is 2.76. The lowest BCUT2D eigenvalue weighted by atomic mass is 10.2. The van der Waals surface area contributed by atoms with E-state index in [1.807, 2.05) is 0 Å². The van der Waals surface area contributed by atoms with Crippen molar-refractivity contribution in [1.29, 1.82) is 0 Å². The third kappa shape index (κ3) is 3.22. The highest BCUT2D eigenvalue weighted by Crippen LogP contribution is 2.39. The van der Waals surface area contributed by atoms with E-state index >= 15 is 0 Å². The van der Waals surface area contributed by atoms with Gasteiger partial charge in [-0.25, -0.2) is 4.79 Å². The summed E-state index contributed by atoms with van der Waals surface area (Å²) >= 11 is 11.8. The van der Waals surface area contributed by atoms with Crippen LogP contribution in [0, 0.1) is 10.1 Å². The van der Waals surface area contributed by atoms with Gasteiger partial charge in [0.2, 0.25) is 0 Å². The van der Waals surface area contributed by atoms with Crippen molar-refractivity contribution >= 4 is 40.5 Å². The van der Waals surface area contributed by atoms with Crippen molar-refractivity contribution in [2.24, 2.45) is 0 Å². The lowest BCUT2D eigenvalue weighted by Crippen LogP contribution is -2.37. The first-order chi connectivity index (χ1) is 9.95. The predicted octanol–water partition coefficient (Wildman–Crippen LogP) is 3.43. The molecule has 0 N–H and O–H groups in total. The molecule has 0 aromatic heterocycles. The normalized spacial score (nSPS) is 17.9. The van der Waals surface area contributed by atoms with E-state index in [-0.39, 0.29) is 28.3 Å². The third-order valence-corrected chi connectivity index (χ3v) is 4.06. The van der Waals surface area contributed by atoms with E-state index in [0.717, 1.165) is 6.42 Å². The number of carbonyl (C=O) groups excluding carboxylic acids is 1. The number of esters is 1. The molecule has 0 aliphatic carbocycles. The molecule has 2 rings (SSSR count). The van der Waals surface area contributed by atoms with Crippen LogP contribution in [0.15, 0.2) is 12.1 Å². The number of rotatable bonds is 4. The Morgan fingerprint density at radius 2 is 2.14 bits per heavy atom. The summed E-state index contributed by atoms with van der Waals surface area (Å²) in [6, 6.07) is 2.11. The molecule has 0 spiro atoms. The molecular formula is C13H14Cl2N2O4. The van der Waals surface area contributed by atoms with Gasteiger partial charge in [-0.05, 0) is 25.8 Å². The van der Waals surface area contributed by atoms with Gasteiger partial charge >= 0.3 is 5.97 Å². The fourth-order valence-electron chi connectivity index (χ4n) is 2.44. The van der Waals surface area contributed by atoms with Crippen LogP contribution in [0.5, 0.6) is 0 Å². The molecule has 1 unspecified atom stereocenters. The van der Waals surface area contributed by atoms with E-state index in [2.05, 4.69) is 0 Å². The zero-order valence-electron chi connectivity index (χ0n) is 11.3. The van der Waals surface area contributed by atoms with Crippen LogP contribution >= 0.6 is 23.2 Å². The van der Waals surface area contributed by atoms with E-state index in [9.17, 15) is 14.9 Å². The molecule has 21 heavy (non-hydrogen) atoms. The van der Waals surface area contributed by atoms with Crippen LogP contribution in [-0.2, 0) is 9.53 Å². The van der Waals surface area contributed by atoms with E-state index in [0.29, 0.717) is 18.7 Å². The fraction of sp³-hybridized carbons (Fsp3) is 0.462. The Morgan fingerprint density at radius 3 is 2.76 bits per heavy atom. The first-order valence-corrected chi connectivity index (χ1v) is 7.28. The number of halogens is 2. The smallest absolute Gasteiger partial charge is 0.328 e. The molecule has 8 heteroatoms. The minimum atomic E-state index is -0.530.